The average molecular weight is 463 g/mol. The lowest BCUT2D eigenvalue weighted by Gasteiger charge is -2.46. The Kier molecular flexibility index (Phi) is 7.26. The average Bonchev–Trinajstić information content (AvgIpc) is 3.21. The largest absolute Gasteiger partial charge is 0.365 e. The van der Waals surface area contributed by atoms with Gasteiger partial charge in [0.05, 0.1) is 6.61 Å². The van der Waals surface area contributed by atoms with E-state index in [1.807, 2.05) is 19.1 Å². The number of halogens is 1. The lowest BCUT2D eigenvalue weighted by Crippen LogP contribution is -2.58. The van der Waals surface area contributed by atoms with Crippen LogP contribution in [0, 0.1) is 6.92 Å². The molecule has 1 amide bonds. The maximum atomic E-state index is 12.6. The highest BCUT2D eigenvalue weighted by molar-refractivity contribution is 7.11. The molecular weight excluding hydrogens is 432 g/mol. The molecule has 2 aliphatic rings. The first kappa shape index (κ1) is 22.6. The SMILES string of the molecule is Cc1nnc(C2CCC(N3C[C@H](C(=O)N(C)C)OC[C@@H]3Cc3ccc(Cl)cc3)CC2)s1. The van der Waals surface area contributed by atoms with Crippen molar-refractivity contribution in [3.63, 3.8) is 0 Å². The maximum absolute atomic E-state index is 12.6. The van der Waals surface area contributed by atoms with Crippen molar-refractivity contribution < 1.29 is 9.53 Å². The number of amides is 1. The van der Waals surface area contributed by atoms with Crippen LogP contribution in [-0.2, 0) is 16.0 Å². The maximum Gasteiger partial charge on any atom is 0.252 e. The van der Waals surface area contributed by atoms with E-state index < -0.39 is 0 Å². The highest BCUT2D eigenvalue weighted by Crippen LogP contribution is 2.37. The fourth-order valence-electron chi connectivity index (χ4n) is 4.80. The molecule has 1 aliphatic carbocycles. The number of morpholine rings is 1. The Morgan fingerprint density at radius 1 is 1.19 bits per heavy atom. The van der Waals surface area contributed by atoms with E-state index in [1.54, 1.807) is 30.3 Å². The molecule has 8 heteroatoms. The summed E-state index contributed by atoms with van der Waals surface area (Å²) >= 11 is 7.79. The van der Waals surface area contributed by atoms with Crippen molar-refractivity contribution in [1.82, 2.24) is 20.0 Å². The molecule has 6 nitrogen and oxygen atoms in total. The van der Waals surface area contributed by atoms with Gasteiger partial charge in [0.2, 0.25) is 0 Å². The van der Waals surface area contributed by atoms with Gasteiger partial charge in [0, 0.05) is 43.7 Å². The molecule has 1 saturated heterocycles. The van der Waals surface area contributed by atoms with Gasteiger partial charge < -0.3 is 9.64 Å². The number of carbonyl (C=O) groups is 1. The van der Waals surface area contributed by atoms with E-state index in [0.717, 1.165) is 42.1 Å². The van der Waals surface area contributed by atoms with E-state index in [-0.39, 0.29) is 18.1 Å². The number of ether oxygens (including phenoxy) is 1. The minimum absolute atomic E-state index is 0.0490. The summed E-state index contributed by atoms with van der Waals surface area (Å²) in [6.45, 7) is 3.24. The second-order valence-corrected chi connectivity index (χ2v) is 10.6. The molecule has 0 bridgehead atoms. The van der Waals surface area contributed by atoms with Crippen LogP contribution in [0.15, 0.2) is 24.3 Å². The fraction of sp³-hybridized carbons (Fsp3) is 0.609. The van der Waals surface area contributed by atoms with Gasteiger partial charge in [0.15, 0.2) is 0 Å². The van der Waals surface area contributed by atoms with Crippen LogP contribution in [0.3, 0.4) is 0 Å². The summed E-state index contributed by atoms with van der Waals surface area (Å²) in [4.78, 5) is 16.8. The van der Waals surface area contributed by atoms with E-state index in [0.29, 0.717) is 25.1 Å². The lowest BCUT2D eigenvalue weighted by atomic mass is 9.84. The number of aryl methyl sites for hydroxylation is 1. The zero-order chi connectivity index (χ0) is 22.0. The zero-order valence-corrected chi connectivity index (χ0v) is 20.0. The number of benzene rings is 1. The second kappa shape index (κ2) is 9.94. The Morgan fingerprint density at radius 3 is 2.52 bits per heavy atom. The molecule has 168 valence electrons. The van der Waals surface area contributed by atoms with Gasteiger partial charge in [-0.1, -0.05) is 23.7 Å². The molecule has 2 aromatic rings. The smallest absolute Gasteiger partial charge is 0.252 e. The van der Waals surface area contributed by atoms with Gasteiger partial charge in [-0.25, -0.2) is 0 Å². The predicted molar refractivity (Wildman–Crippen MR) is 124 cm³/mol. The van der Waals surface area contributed by atoms with E-state index in [4.69, 9.17) is 16.3 Å². The standard InChI is InChI=1S/C23H31ClN4O2S/c1-15-25-26-22(31-15)17-6-10-19(11-7-17)28-13-21(23(29)27(2)3)30-14-20(28)12-16-4-8-18(24)9-5-16/h4-5,8-9,17,19-21H,6-7,10-14H2,1-3H3/t17?,19?,20-,21+/m0/s1. The van der Waals surface area contributed by atoms with Crippen molar-refractivity contribution in [1.29, 1.82) is 0 Å². The predicted octanol–water partition coefficient (Wildman–Crippen LogP) is 3.93. The molecule has 0 unspecified atom stereocenters. The first-order valence-corrected chi connectivity index (χ1v) is 12.2. The summed E-state index contributed by atoms with van der Waals surface area (Å²) in [5, 5.41) is 11.6. The van der Waals surface area contributed by atoms with Crippen molar-refractivity contribution in [2.75, 3.05) is 27.2 Å². The summed E-state index contributed by atoms with van der Waals surface area (Å²) in [7, 11) is 3.59. The summed E-state index contributed by atoms with van der Waals surface area (Å²) in [6.07, 6.45) is 4.98. The van der Waals surface area contributed by atoms with Gasteiger partial charge >= 0.3 is 0 Å². The van der Waals surface area contributed by atoms with Crippen LogP contribution in [0.4, 0.5) is 0 Å². The van der Waals surface area contributed by atoms with Crippen LogP contribution >= 0.6 is 22.9 Å². The molecule has 2 fully saturated rings. The molecule has 2 heterocycles. The zero-order valence-electron chi connectivity index (χ0n) is 18.5. The highest BCUT2D eigenvalue weighted by atomic mass is 35.5. The van der Waals surface area contributed by atoms with E-state index in [9.17, 15) is 4.79 Å². The molecule has 1 aromatic carbocycles. The lowest BCUT2D eigenvalue weighted by molar-refractivity contribution is -0.153. The van der Waals surface area contributed by atoms with Gasteiger partial charge in [0.25, 0.3) is 5.91 Å². The first-order chi connectivity index (χ1) is 14.9. The number of nitrogens with zero attached hydrogens (tertiary/aromatic N) is 4. The third-order valence-corrected chi connectivity index (χ3v) is 7.75. The number of aromatic nitrogens is 2. The topological polar surface area (TPSA) is 58.6 Å². The molecule has 1 aromatic heterocycles. The molecule has 2 atom stereocenters. The Morgan fingerprint density at radius 2 is 1.90 bits per heavy atom. The molecule has 0 spiro atoms. The number of rotatable bonds is 5. The van der Waals surface area contributed by atoms with E-state index in [2.05, 4.69) is 27.2 Å². The quantitative estimate of drug-likeness (QED) is 0.673. The number of hydrogen-bond acceptors (Lipinski definition) is 6. The van der Waals surface area contributed by atoms with Crippen molar-refractivity contribution in [3.8, 4) is 0 Å². The van der Waals surface area contributed by atoms with Crippen LogP contribution in [0.25, 0.3) is 0 Å². The molecule has 1 aliphatic heterocycles. The minimum atomic E-state index is -0.389. The van der Waals surface area contributed by atoms with Crippen LogP contribution in [0.1, 0.15) is 47.2 Å². The molecule has 31 heavy (non-hydrogen) atoms. The van der Waals surface area contributed by atoms with Gasteiger partial charge in [-0.3, -0.25) is 9.69 Å². The normalized spacial score (nSPS) is 27.2. The van der Waals surface area contributed by atoms with Gasteiger partial charge in [0.1, 0.15) is 16.1 Å². The minimum Gasteiger partial charge on any atom is -0.365 e. The summed E-state index contributed by atoms with van der Waals surface area (Å²) in [6, 6.07) is 8.79. The van der Waals surface area contributed by atoms with Gasteiger partial charge in [-0.05, 0) is 56.7 Å². The number of likely N-dealkylation sites (N-methyl/N-ethyl adjacent to an activating group) is 1. The molecule has 0 radical (unpaired) electrons. The van der Waals surface area contributed by atoms with Crippen molar-refractivity contribution in [2.45, 2.75) is 63.1 Å². The molecule has 1 saturated carbocycles. The third kappa shape index (κ3) is 5.45. The summed E-state index contributed by atoms with van der Waals surface area (Å²) < 4.78 is 6.05. The number of hydrogen-bond donors (Lipinski definition) is 0. The molecule has 4 rings (SSSR count). The van der Waals surface area contributed by atoms with Gasteiger partial charge in [-0.2, -0.15) is 0 Å². The fourth-order valence-corrected chi connectivity index (χ4v) is 5.80. The van der Waals surface area contributed by atoms with Crippen molar-refractivity contribution in [2.24, 2.45) is 0 Å². The molecule has 0 N–H and O–H groups in total. The highest BCUT2D eigenvalue weighted by Gasteiger charge is 2.39. The van der Waals surface area contributed by atoms with Gasteiger partial charge in [-0.15, -0.1) is 21.5 Å². The Hall–Kier alpha value is -1.54. The first-order valence-electron chi connectivity index (χ1n) is 11.0. The van der Waals surface area contributed by atoms with Crippen LogP contribution in [0.2, 0.25) is 5.02 Å². The van der Waals surface area contributed by atoms with Crippen LogP contribution < -0.4 is 0 Å². The van der Waals surface area contributed by atoms with Crippen molar-refractivity contribution in [3.05, 3.63) is 44.9 Å². The second-order valence-electron chi connectivity index (χ2n) is 8.90. The molecular formula is C23H31ClN4O2S. The Balaban J connectivity index is 1.46. The van der Waals surface area contributed by atoms with E-state index >= 15 is 0 Å². The van der Waals surface area contributed by atoms with E-state index in [1.165, 1.54) is 10.6 Å². The third-order valence-electron chi connectivity index (χ3n) is 6.49. The summed E-state index contributed by atoms with van der Waals surface area (Å²) in [5.41, 5.74) is 1.25. The monoisotopic (exact) mass is 462 g/mol. The van der Waals surface area contributed by atoms with Crippen LogP contribution in [-0.4, -0.2) is 71.3 Å². The Bertz CT molecular complexity index is 880. The van der Waals surface area contributed by atoms with Crippen LogP contribution in [0.5, 0.6) is 0 Å². The number of carbonyl (C=O) groups excluding carboxylic acids is 1. The summed E-state index contributed by atoms with van der Waals surface area (Å²) in [5.74, 6) is 0.561. The van der Waals surface area contributed by atoms with Crippen molar-refractivity contribution >= 4 is 28.8 Å². The Labute approximate surface area is 193 Å².